The number of carbonyl (C=O) groups is 2. The summed E-state index contributed by atoms with van der Waals surface area (Å²) in [6, 6.07) is 8.07. The molecule has 0 saturated heterocycles. The molecule has 14 heteroatoms. The molecule has 0 spiro atoms. The van der Waals surface area contributed by atoms with Gasteiger partial charge in [-0.25, -0.2) is 8.42 Å². The Morgan fingerprint density at radius 1 is 1.00 bits per heavy atom. The molecule has 2 atom stereocenters. The van der Waals surface area contributed by atoms with Gasteiger partial charge >= 0.3 is 11.9 Å². The number of terminal acetylenes is 1. The van der Waals surface area contributed by atoms with Crippen LogP contribution < -0.4 is 9.47 Å². The van der Waals surface area contributed by atoms with E-state index in [4.69, 9.17) is 60.2 Å². The van der Waals surface area contributed by atoms with Gasteiger partial charge < -0.3 is 23.8 Å². The minimum atomic E-state index is -4.02. The minimum Gasteiger partial charge on any atom is -0.490 e. The molecule has 2 aromatic carbocycles. The maximum atomic E-state index is 13.2. The summed E-state index contributed by atoms with van der Waals surface area (Å²) in [4.78, 5) is 28.2. The first-order valence-corrected chi connectivity index (χ1v) is 14.8. The van der Waals surface area contributed by atoms with Gasteiger partial charge in [-0.1, -0.05) is 29.1 Å². The molecule has 0 amide bonds. The molecule has 0 fully saturated rings. The number of hydrogen-bond acceptors (Lipinski definition) is 9. The topological polar surface area (TPSA) is 121 Å². The third-order valence-electron chi connectivity index (χ3n) is 5.06. The van der Waals surface area contributed by atoms with Gasteiger partial charge in [-0.2, -0.15) is 0 Å². The summed E-state index contributed by atoms with van der Waals surface area (Å²) in [5.41, 5.74) is 0. The second-order valence-electron chi connectivity index (χ2n) is 8.53. The van der Waals surface area contributed by atoms with Crippen LogP contribution in [-0.2, 0) is 28.9 Å². The molecule has 0 aromatic heterocycles. The summed E-state index contributed by atoms with van der Waals surface area (Å²) in [7, 11) is -2.28. The third-order valence-corrected chi connectivity index (χ3v) is 7.71. The maximum absolute atomic E-state index is 13.2. The Hall–Kier alpha value is -3.17. The van der Waals surface area contributed by atoms with E-state index in [2.05, 4.69) is 10.9 Å². The Bertz CT molecular complexity index is 1350. The van der Waals surface area contributed by atoms with Crippen LogP contribution in [0.15, 0.2) is 51.2 Å². The average molecular weight is 648 g/mol. The van der Waals surface area contributed by atoms with Crippen LogP contribution in [0.5, 0.6) is 11.5 Å². The lowest BCUT2D eigenvalue weighted by molar-refractivity contribution is -0.148. The Labute approximate surface area is 254 Å². The first kappa shape index (κ1) is 34.0. The summed E-state index contributed by atoms with van der Waals surface area (Å²) in [6.07, 6.45) is 5.34. The monoisotopic (exact) mass is 646 g/mol. The van der Waals surface area contributed by atoms with Crippen molar-refractivity contribution in [1.29, 1.82) is 0 Å². The van der Waals surface area contributed by atoms with Crippen molar-refractivity contribution >= 4 is 62.9 Å². The number of benzene rings is 2. The second kappa shape index (κ2) is 16.3. The van der Waals surface area contributed by atoms with Gasteiger partial charge in [-0.3, -0.25) is 14.6 Å². The SMILES string of the molecule is C#CC/N=C\N(C)C[C@H](COc1ccc(S(=O)(=O)c2cc(Cl)c(OC[C@@H](CCl)OC(C)=O)c(Cl)c2)cc1)OC(C)=O. The van der Waals surface area contributed by atoms with Crippen molar-refractivity contribution in [3.05, 3.63) is 46.4 Å². The molecule has 0 unspecified atom stereocenters. The molecular weight excluding hydrogens is 619 g/mol. The van der Waals surface area contributed by atoms with Crippen molar-refractivity contribution in [2.75, 3.05) is 39.2 Å². The van der Waals surface area contributed by atoms with E-state index in [0.717, 1.165) is 0 Å². The number of rotatable bonds is 15. The van der Waals surface area contributed by atoms with Crippen molar-refractivity contribution in [3.63, 3.8) is 0 Å². The van der Waals surface area contributed by atoms with Crippen molar-refractivity contribution in [1.82, 2.24) is 4.90 Å². The fourth-order valence-corrected chi connectivity index (χ4v) is 5.54. The maximum Gasteiger partial charge on any atom is 0.303 e. The predicted octanol–water partition coefficient (Wildman–Crippen LogP) is 4.28. The summed E-state index contributed by atoms with van der Waals surface area (Å²) >= 11 is 18.3. The summed E-state index contributed by atoms with van der Waals surface area (Å²) < 4.78 is 48.1. The number of ether oxygens (including phenoxy) is 4. The highest BCUT2D eigenvalue weighted by atomic mass is 35.5. The quantitative estimate of drug-likeness (QED) is 0.0917. The van der Waals surface area contributed by atoms with E-state index < -0.39 is 34.0 Å². The molecule has 2 rings (SSSR count). The zero-order chi connectivity index (χ0) is 30.6. The number of nitrogens with zero attached hydrogens (tertiary/aromatic N) is 2. The van der Waals surface area contributed by atoms with Crippen molar-refractivity contribution in [3.8, 4) is 23.8 Å². The number of carbonyl (C=O) groups excluding carboxylic acids is 2. The lowest BCUT2D eigenvalue weighted by Crippen LogP contribution is -2.35. The van der Waals surface area contributed by atoms with E-state index >= 15 is 0 Å². The molecule has 2 aromatic rings. The third kappa shape index (κ3) is 11.0. The second-order valence-corrected chi connectivity index (χ2v) is 11.6. The number of sulfone groups is 1. The fourth-order valence-electron chi connectivity index (χ4n) is 3.35. The van der Waals surface area contributed by atoms with Gasteiger partial charge in [0.2, 0.25) is 9.84 Å². The van der Waals surface area contributed by atoms with E-state index in [9.17, 15) is 18.0 Å². The summed E-state index contributed by atoms with van der Waals surface area (Å²) in [5, 5.41) is -0.115. The van der Waals surface area contributed by atoms with Crippen LogP contribution in [-0.4, -0.2) is 83.0 Å². The van der Waals surface area contributed by atoms with Gasteiger partial charge in [0.25, 0.3) is 0 Å². The smallest absolute Gasteiger partial charge is 0.303 e. The summed E-state index contributed by atoms with van der Waals surface area (Å²) in [5.74, 6) is 1.73. The van der Waals surface area contributed by atoms with Gasteiger partial charge in [-0.15, -0.1) is 18.0 Å². The van der Waals surface area contributed by atoms with Gasteiger partial charge in [0.05, 0.1) is 38.6 Å². The number of aliphatic imine (C=N–C) groups is 1. The molecule has 222 valence electrons. The number of alkyl halides is 1. The van der Waals surface area contributed by atoms with Crippen LogP contribution >= 0.6 is 34.8 Å². The van der Waals surface area contributed by atoms with Crippen molar-refractivity contribution < 1.29 is 37.0 Å². The standard InChI is InChI=1S/C27H29Cl3N2O8S/c1-5-10-31-17-32(4)14-22(40-19(3)34)16-37-20-6-8-23(9-7-20)41(35,36)24-11-25(29)27(26(30)12-24)38-15-21(13-28)39-18(2)33/h1,6-9,11-12,17,21-22H,10,13-16H2,2-4H3/b31-17-/t21-,22-/m1/s1. The lowest BCUT2D eigenvalue weighted by Gasteiger charge is -2.22. The van der Waals surface area contributed by atoms with Gasteiger partial charge in [0.15, 0.2) is 11.9 Å². The van der Waals surface area contributed by atoms with Crippen LogP contribution in [0, 0.1) is 12.3 Å². The van der Waals surface area contributed by atoms with E-state index in [1.54, 1.807) is 11.9 Å². The number of halogens is 3. The van der Waals surface area contributed by atoms with E-state index in [1.807, 2.05) is 0 Å². The molecule has 0 aliphatic carbocycles. The number of likely N-dealkylation sites (N-methyl/N-ethyl adjacent to an activating group) is 1. The zero-order valence-electron chi connectivity index (χ0n) is 22.5. The van der Waals surface area contributed by atoms with E-state index in [-0.39, 0.29) is 57.8 Å². The van der Waals surface area contributed by atoms with Crippen molar-refractivity contribution in [2.45, 2.75) is 35.8 Å². The molecule has 0 saturated carbocycles. The van der Waals surface area contributed by atoms with E-state index in [0.29, 0.717) is 5.75 Å². The van der Waals surface area contributed by atoms with Gasteiger partial charge in [-0.05, 0) is 36.4 Å². The van der Waals surface area contributed by atoms with Crippen molar-refractivity contribution in [2.24, 2.45) is 4.99 Å². The van der Waals surface area contributed by atoms with Crippen LogP contribution in [0.3, 0.4) is 0 Å². The molecule has 0 heterocycles. The first-order valence-electron chi connectivity index (χ1n) is 12.0. The molecule has 0 aliphatic rings. The lowest BCUT2D eigenvalue weighted by atomic mass is 10.3. The molecule has 0 radical (unpaired) electrons. The number of hydrogen-bond donors (Lipinski definition) is 0. The minimum absolute atomic E-state index is 0.00764. The Balaban J connectivity index is 2.12. The van der Waals surface area contributed by atoms with Crippen LogP contribution in [0.1, 0.15) is 13.8 Å². The predicted molar refractivity (Wildman–Crippen MR) is 156 cm³/mol. The molecular formula is C27H29Cl3N2O8S. The summed E-state index contributed by atoms with van der Waals surface area (Å²) in [6.45, 7) is 2.90. The van der Waals surface area contributed by atoms with Gasteiger partial charge in [0.1, 0.15) is 31.6 Å². The van der Waals surface area contributed by atoms with Crippen LogP contribution in [0.2, 0.25) is 10.0 Å². The average Bonchev–Trinajstić information content (AvgIpc) is 2.90. The Morgan fingerprint density at radius 3 is 2.10 bits per heavy atom. The molecule has 0 bridgehead atoms. The Kier molecular flexibility index (Phi) is 13.5. The molecule has 41 heavy (non-hydrogen) atoms. The van der Waals surface area contributed by atoms with Crippen LogP contribution in [0.25, 0.3) is 0 Å². The van der Waals surface area contributed by atoms with E-state index in [1.165, 1.54) is 56.6 Å². The number of esters is 2. The largest absolute Gasteiger partial charge is 0.490 e. The molecule has 10 nitrogen and oxygen atoms in total. The highest BCUT2D eigenvalue weighted by Crippen LogP contribution is 2.37. The molecule has 0 N–H and O–H groups in total. The fraction of sp³-hybridized carbons (Fsp3) is 0.370. The highest BCUT2D eigenvalue weighted by Gasteiger charge is 2.23. The molecule has 0 aliphatic heterocycles. The van der Waals surface area contributed by atoms with Crippen LogP contribution in [0.4, 0.5) is 0 Å². The zero-order valence-corrected chi connectivity index (χ0v) is 25.6. The highest BCUT2D eigenvalue weighted by molar-refractivity contribution is 7.91. The Morgan fingerprint density at radius 2 is 1.56 bits per heavy atom. The first-order chi connectivity index (χ1) is 19.4. The van der Waals surface area contributed by atoms with Gasteiger partial charge in [0, 0.05) is 20.9 Å². The normalized spacial score (nSPS) is 12.7.